The number of aromatic nitrogens is 2. The van der Waals surface area contributed by atoms with Crippen LogP contribution in [0, 0.1) is 6.92 Å². The van der Waals surface area contributed by atoms with Crippen LogP contribution in [0.5, 0.6) is 5.75 Å². The number of amides is 2. The molecule has 0 unspecified atom stereocenters. The fraction of sp³-hybridized carbons (Fsp3) is 0.143. The Labute approximate surface area is 198 Å². The van der Waals surface area contributed by atoms with Gasteiger partial charge in [-0.05, 0) is 42.8 Å². The van der Waals surface area contributed by atoms with Crippen molar-refractivity contribution in [2.45, 2.75) is 13.5 Å². The van der Waals surface area contributed by atoms with E-state index in [0.717, 1.165) is 17.3 Å². The molecule has 7 nitrogen and oxygen atoms in total. The van der Waals surface area contributed by atoms with E-state index in [0.29, 0.717) is 40.5 Å². The van der Waals surface area contributed by atoms with Crippen LogP contribution in [0.4, 0.5) is 4.79 Å². The summed E-state index contributed by atoms with van der Waals surface area (Å²) < 4.78 is 7.34. The molecule has 2 aromatic carbocycles. The molecule has 1 saturated heterocycles. The molecule has 30 heavy (non-hydrogen) atoms. The number of benzene rings is 2. The summed E-state index contributed by atoms with van der Waals surface area (Å²) in [7, 11) is 0. The van der Waals surface area contributed by atoms with Gasteiger partial charge in [-0.3, -0.25) is 9.36 Å². The van der Waals surface area contributed by atoms with Crippen molar-refractivity contribution in [3.63, 3.8) is 0 Å². The molecule has 1 aliphatic heterocycles. The zero-order valence-electron chi connectivity index (χ0n) is 16.5. The molecule has 1 aliphatic rings. The predicted octanol–water partition coefficient (Wildman–Crippen LogP) is 0.896. The summed E-state index contributed by atoms with van der Waals surface area (Å²) in [5.41, 5.74) is 1.37. The van der Waals surface area contributed by atoms with E-state index >= 15 is 0 Å². The number of nitrogens with zero attached hydrogens (tertiary/aromatic N) is 3. The van der Waals surface area contributed by atoms with Crippen molar-refractivity contribution in [1.82, 2.24) is 9.55 Å². The Morgan fingerprint density at radius 1 is 1.10 bits per heavy atom. The smallest absolute Gasteiger partial charge is 0.581 e. The fourth-order valence-electron chi connectivity index (χ4n) is 3.00. The minimum Gasteiger partial charge on any atom is -0.581 e. The summed E-state index contributed by atoms with van der Waals surface area (Å²) in [4.78, 5) is 40.1. The Morgan fingerprint density at radius 3 is 2.53 bits per heavy atom. The summed E-state index contributed by atoms with van der Waals surface area (Å²) in [6.45, 7) is 2.49. The maximum Gasteiger partial charge on any atom is 1.00 e. The monoisotopic (exact) mass is 429 g/mol. The number of hydrogen-bond donors (Lipinski definition) is 0. The second-order valence-corrected chi connectivity index (χ2v) is 7.34. The number of ether oxygens (including phenoxy) is 1. The Balaban J connectivity index is 0.00000256. The molecule has 0 N–H and O–H groups in total. The van der Waals surface area contributed by atoms with Crippen LogP contribution in [0.15, 0.2) is 58.2 Å². The molecule has 0 spiro atoms. The van der Waals surface area contributed by atoms with Crippen molar-refractivity contribution in [2.24, 2.45) is 0 Å². The van der Waals surface area contributed by atoms with Crippen LogP contribution >= 0.6 is 11.8 Å². The SMILES string of the molecule is Cc1nc2ccccc2c(=O)n1CCOc1ccc(/C=C2/SC(=O)[N-]C2=O)cc1.[Na+]. The summed E-state index contributed by atoms with van der Waals surface area (Å²) in [5, 5.41) is 3.44. The number of fused-ring (bicyclic) bond motifs is 1. The van der Waals surface area contributed by atoms with Gasteiger partial charge in [-0.1, -0.05) is 36.0 Å². The molecule has 3 aromatic rings. The molecule has 2 heterocycles. The zero-order chi connectivity index (χ0) is 20.4. The van der Waals surface area contributed by atoms with Crippen LogP contribution in [0.2, 0.25) is 0 Å². The van der Waals surface area contributed by atoms with Gasteiger partial charge in [0.25, 0.3) is 5.56 Å². The van der Waals surface area contributed by atoms with Gasteiger partial charge in [0.1, 0.15) is 23.4 Å². The van der Waals surface area contributed by atoms with Crippen molar-refractivity contribution >= 4 is 39.9 Å². The molecule has 0 bridgehead atoms. The number of hydrogen-bond acceptors (Lipinski definition) is 6. The van der Waals surface area contributed by atoms with Gasteiger partial charge in [0.15, 0.2) is 0 Å². The molecule has 146 valence electrons. The Morgan fingerprint density at radius 2 is 1.83 bits per heavy atom. The van der Waals surface area contributed by atoms with Crippen molar-refractivity contribution in [1.29, 1.82) is 0 Å². The summed E-state index contributed by atoms with van der Waals surface area (Å²) >= 11 is 0.824. The molecule has 1 fully saturated rings. The molecule has 0 saturated carbocycles. The standard InChI is InChI=1S/C21H17N3O4S.Na/c1-13-22-17-5-3-2-4-16(17)20(26)24(13)10-11-28-15-8-6-14(7-9-15)12-18-19(25)23-21(27)29-18;/h2-9,12H,10-11H2,1H3,(H,23,25,27);/q;+1/p-1/b18-12+;. The molecule has 0 atom stereocenters. The Hall–Kier alpha value is -2.39. The third-order valence-corrected chi connectivity index (χ3v) is 5.19. The molecular weight excluding hydrogens is 413 g/mol. The first kappa shape index (κ1) is 22.3. The molecule has 0 aliphatic carbocycles. The van der Waals surface area contributed by atoms with Gasteiger partial charge in [-0.15, -0.1) is 0 Å². The summed E-state index contributed by atoms with van der Waals surface area (Å²) in [6.07, 6.45) is 1.62. The molecule has 9 heteroatoms. The van der Waals surface area contributed by atoms with E-state index < -0.39 is 11.1 Å². The normalized spacial score (nSPS) is 14.6. The third-order valence-electron chi connectivity index (χ3n) is 4.41. The van der Waals surface area contributed by atoms with Crippen molar-refractivity contribution in [3.8, 4) is 5.75 Å². The minimum atomic E-state index is -0.509. The first-order chi connectivity index (χ1) is 14.0. The van der Waals surface area contributed by atoms with E-state index in [1.165, 1.54) is 0 Å². The number of imide groups is 1. The maximum atomic E-state index is 12.7. The number of carbonyl (C=O) groups is 2. The van der Waals surface area contributed by atoms with Gasteiger partial charge in [-0.2, -0.15) is 0 Å². The Bertz CT molecular complexity index is 1210. The summed E-state index contributed by atoms with van der Waals surface area (Å²) in [6, 6.07) is 14.4. The third kappa shape index (κ3) is 4.84. The van der Waals surface area contributed by atoms with E-state index in [4.69, 9.17) is 4.74 Å². The number of aryl methyl sites for hydroxylation is 1. The topological polar surface area (TPSA) is 92.4 Å². The molecule has 1 aromatic heterocycles. The predicted molar refractivity (Wildman–Crippen MR) is 112 cm³/mol. The van der Waals surface area contributed by atoms with Crippen LogP contribution in [-0.4, -0.2) is 27.3 Å². The minimum absolute atomic E-state index is 0. The van der Waals surface area contributed by atoms with Gasteiger partial charge in [-0.25, -0.2) is 4.98 Å². The van der Waals surface area contributed by atoms with Crippen molar-refractivity contribution in [3.05, 3.63) is 80.5 Å². The van der Waals surface area contributed by atoms with Gasteiger partial charge < -0.3 is 19.6 Å². The largest absolute Gasteiger partial charge is 1.00 e. The van der Waals surface area contributed by atoms with Gasteiger partial charge in [0.05, 0.1) is 23.4 Å². The maximum absolute atomic E-state index is 12.7. The first-order valence-electron chi connectivity index (χ1n) is 8.90. The molecular formula is C21H16N3NaO4S. The number of carbonyl (C=O) groups excluding carboxylic acids is 2. The molecule has 2 amide bonds. The number of thioether (sulfide) groups is 1. The second kappa shape index (κ2) is 9.61. The molecule has 4 rings (SSSR count). The zero-order valence-corrected chi connectivity index (χ0v) is 19.3. The van der Waals surface area contributed by atoms with E-state index in [2.05, 4.69) is 10.3 Å². The van der Waals surface area contributed by atoms with Crippen LogP contribution < -0.4 is 39.9 Å². The average Bonchev–Trinajstić information content (AvgIpc) is 3.02. The Kier molecular flexibility index (Phi) is 7.14. The van der Waals surface area contributed by atoms with Crippen molar-refractivity contribution < 1.29 is 43.9 Å². The quantitative estimate of drug-likeness (QED) is 0.442. The van der Waals surface area contributed by atoms with Crippen LogP contribution in [0.25, 0.3) is 22.3 Å². The molecule has 0 radical (unpaired) electrons. The van der Waals surface area contributed by atoms with E-state index in [9.17, 15) is 14.4 Å². The van der Waals surface area contributed by atoms with E-state index in [1.54, 1.807) is 47.9 Å². The summed E-state index contributed by atoms with van der Waals surface area (Å²) in [5.74, 6) is 0.765. The van der Waals surface area contributed by atoms with Crippen molar-refractivity contribution in [2.75, 3.05) is 6.61 Å². The van der Waals surface area contributed by atoms with Gasteiger partial charge >= 0.3 is 29.6 Å². The second-order valence-electron chi connectivity index (χ2n) is 6.34. The number of rotatable bonds is 5. The first-order valence-corrected chi connectivity index (χ1v) is 9.71. The van der Waals surface area contributed by atoms with Crippen LogP contribution in [-0.2, 0) is 11.3 Å². The van der Waals surface area contributed by atoms with Gasteiger partial charge in [0, 0.05) is 4.91 Å². The van der Waals surface area contributed by atoms with E-state index in [1.807, 2.05) is 18.2 Å². The van der Waals surface area contributed by atoms with Gasteiger partial charge in [0.2, 0.25) is 0 Å². The average molecular weight is 429 g/mol. The number of para-hydroxylation sites is 1. The van der Waals surface area contributed by atoms with Crippen LogP contribution in [0.3, 0.4) is 0 Å². The van der Waals surface area contributed by atoms with E-state index in [-0.39, 0.29) is 35.1 Å². The fourth-order valence-corrected chi connectivity index (χ4v) is 3.64. The van der Waals surface area contributed by atoms with Crippen LogP contribution in [0.1, 0.15) is 11.4 Å².